The number of benzene rings is 2. The molecule has 2 aliphatic carbocycles. The maximum absolute atomic E-state index is 14.7. The van der Waals surface area contributed by atoms with Crippen molar-refractivity contribution in [2.45, 2.75) is 75.8 Å². The maximum Gasteiger partial charge on any atom is 0.303 e. The molecule has 7 rings (SSSR count). The number of piperidine rings is 1. The molecule has 2 atom stereocenters. The Morgan fingerprint density at radius 3 is 2.38 bits per heavy atom. The summed E-state index contributed by atoms with van der Waals surface area (Å²) in [6.45, 7) is 2.46. The van der Waals surface area contributed by atoms with Crippen molar-refractivity contribution in [3.8, 4) is 17.0 Å². The summed E-state index contributed by atoms with van der Waals surface area (Å²) in [5, 5.41) is 1.08. The molecule has 11 heteroatoms. The molecule has 3 aromatic rings. The molecule has 2 unspecified atom stereocenters. The van der Waals surface area contributed by atoms with Gasteiger partial charge in [-0.25, -0.2) is 4.72 Å². The van der Waals surface area contributed by atoms with Gasteiger partial charge in [-0.15, -0.1) is 0 Å². The summed E-state index contributed by atoms with van der Waals surface area (Å²) in [6, 6.07) is 12.1. The van der Waals surface area contributed by atoms with Gasteiger partial charge in [0.15, 0.2) is 0 Å². The summed E-state index contributed by atoms with van der Waals surface area (Å²) in [5.41, 5.74) is 5.22. The molecule has 2 amide bonds. The fourth-order valence-electron chi connectivity index (χ4n) is 8.59. The highest BCUT2D eigenvalue weighted by Crippen LogP contribution is 2.66. The molecule has 47 heavy (non-hydrogen) atoms. The smallest absolute Gasteiger partial charge is 0.303 e. The number of nitrogens with zero attached hydrogens (tertiary/aromatic N) is 4. The van der Waals surface area contributed by atoms with Gasteiger partial charge in [0.25, 0.3) is 5.91 Å². The molecule has 0 radical (unpaired) electrons. The highest BCUT2D eigenvalue weighted by Gasteiger charge is 2.64. The van der Waals surface area contributed by atoms with Gasteiger partial charge in [0.05, 0.1) is 18.2 Å². The van der Waals surface area contributed by atoms with Gasteiger partial charge in [-0.1, -0.05) is 25.3 Å². The molecule has 2 aliphatic heterocycles. The van der Waals surface area contributed by atoms with Crippen LogP contribution in [-0.4, -0.2) is 93.3 Å². The van der Waals surface area contributed by atoms with Crippen LogP contribution in [0.5, 0.6) is 5.75 Å². The molecule has 0 spiro atoms. The highest BCUT2D eigenvalue weighted by atomic mass is 32.2. The standard InChI is InChI=1S/C36H47N5O5S/c1-38(2)47(44,45)37-34(42)24-11-13-28-31(19-24)41-22-36(35(43)40(4)25-15-17-39(3)18-16-25)21-30(36)29-20-26(46-5)12-14-27(29)33(41)32(28)23-9-7-6-8-10-23/h11-14,19-20,23,25,30H,6-10,15-18,21-22H2,1-5H3,(H,37,42). The lowest BCUT2D eigenvalue weighted by Gasteiger charge is -2.37. The van der Waals surface area contributed by atoms with Crippen LogP contribution < -0.4 is 9.46 Å². The Hall–Kier alpha value is -3.41. The molecular formula is C36H47N5O5S. The van der Waals surface area contributed by atoms with Gasteiger partial charge in [-0.2, -0.15) is 12.7 Å². The van der Waals surface area contributed by atoms with E-state index in [1.165, 1.54) is 38.9 Å². The van der Waals surface area contributed by atoms with E-state index in [-0.39, 0.29) is 23.4 Å². The summed E-state index contributed by atoms with van der Waals surface area (Å²) in [7, 11) is 4.61. The predicted octanol–water partition coefficient (Wildman–Crippen LogP) is 4.94. The van der Waals surface area contributed by atoms with Crippen LogP contribution in [0.15, 0.2) is 36.4 Å². The number of ether oxygens (including phenoxy) is 1. The average molecular weight is 662 g/mol. The molecule has 1 aromatic heterocycles. The van der Waals surface area contributed by atoms with Gasteiger partial charge >= 0.3 is 10.2 Å². The van der Waals surface area contributed by atoms with Crippen LogP contribution in [0.25, 0.3) is 22.2 Å². The monoisotopic (exact) mass is 661 g/mol. The lowest BCUT2D eigenvalue weighted by atomic mass is 9.81. The minimum Gasteiger partial charge on any atom is -0.497 e. The molecule has 10 nitrogen and oxygen atoms in total. The second kappa shape index (κ2) is 11.9. The first kappa shape index (κ1) is 32.2. The Bertz CT molecular complexity index is 1840. The number of methoxy groups -OCH3 is 1. The number of fused-ring (bicyclic) bond motifs is 7. The van der Waals surface area contributed by atoms with Crippen LogP contribution in [-0.2, 0) is 21.5 Å². The number of carbonyl (C=O) groups excluding carboxylic acids is 2. The number of likely N-dealkylation sites (tertiary alicyclic amines) is 1. The second-order valence-electron chi connectivity index (χ2n) is 14.5. The van der Waals surface area contributed by atoms with Crippen molar-refractivity contribution >= 4 is 32.9 Å². The molecule has 4 aliphatic rings. The zero-order valence-corrected chi connectivity index (χ0v) is 29.0. The van der Waals surface area contributed by atoms with Crippen molar-refractivity contribution in [2.75, 3.05) is 48.4 Å². The number of hydrogen-bond acceptors (Lipinski definition) is 6. The van der Waals surface area contributed by atoms with E-state index in [1.807, 2.05) is 30.1 Å². The van der Waals surface area contributed by atoms with Gasteiger partial charge in [0, 0.05) is 61.7 Å². The number of carbonyl (C=O) groups is 2. The minimum atomic E-state index is -3.97. The lowest BCUT2D eigenvalue weighted by Crippen LogP contribution is -2.48. The van der Waals surface area contributed by atoms with E-state index in [4.69, 9.17) is 4.74 Å². The van der Waals surface area contributed by atoms with Gasteiger partial charge < -0.3 is 19.1 Å². The summed E-state index contributed by atoms with van der Waals surface area (Å²) in [6.07, 6.45) is 8.42. The number of aromatic nitrogens is 1. The Balaban J connectivity index is 1.41. The Morgan fingerprint density at radius 2 is 1.70 bits per heavy atom. The van der Waals surface area contributed by atoms with Crippen LogP contribution in [0.3, 0.4) is 0 Å². The average Bonchev–Trinajstić information content (AvgIpc) is 3.74. The molecule has 0 bridgehead atoms. The fraction of sp³-hybridized carbons (Fsp3) is 0.556. The third kappa shape index (κ3) is 5.44. The van der Waals surface area contributed by atoms with E-state index in [0.29, 0.717) is 12.5 Å². The van der Waals surface area contributed by atoms with E-state index >= 15 is 0 Å². The van der Waals surface area contributed by atoms with Crippen LogP contribution in [0.1, 0.15) is 84.7 Å². The summed E-state index contributed by atoms with van der Waals surface area (Å²) >= 11 is 0. The zero-order chi connectivity index (χ0) is 33.2. The Kier molecular flexibility index (Phi) is 8.16. The molecule has 2 aromatic carbocycles. The fourth-order valence-corrected chi connectivity index (χ4v) is 9.12. The zero-order valence-electron chi connectivity index (χ0n) is 28.2. The van der Waals surface area contributed by atoms with E-state index in [1.54, 1.807) is 13.2 Å². The number of rotatable bonds is 7. The van der Waals surface area contributed by atoms with E-state index in [0.717, 1.165) is 83.0 Å². The molecule has 252 valence electrons. The van der Waals surface area contributed by atoms with E-state index in [2.05, 4.69) is 33.4 Å². The van der Waals surface area contributed by atoms with E-state index < -0.39 is 21.5 Å². The van der Waals surface area contributed by atoms with Gasteiger partial charge in [0.1, 0.15) is 5.75 Å². The second-order valence-corrected chi connectivity index (χ2v) is 16.3. The van der Waals surface area contributed by atoms with Crippen LogP contribution in [0.2, 0.25) is 0 Å². The van der Waals surface area contributed by atoms with Crippen molar-refractivity contribution < 1.29 is 22.7 Å². The van der Waals surface area contributed by atoms with Crippen molar-refractivity contribution in [1.29, 1.82) is 0 Å². The maximum atomic E-state index is 14.7. The molecule has 3 heterocycles. The normalized spacial score (nSPS) is 23.5. The van der Waals surface area contributed by atoms with Crippen molar-refractivity contribution in [1.82, 2.24) is 23.4 Å². The first-order valence-corrected chi connectivity index (χ1v) is 18.4. The minimum absolute atomic E-state index is 0.0553. The molecule has 2 saturated carbocycles. The quantitative estimate of drug-likeness (QED) is 0.385. The molecule has 3 fully saturated rings. The van der Waals surface area contributed by atoms with Crippen molar-refractivity contribution in [3.63, 3.8) is 0 Å². The van der Waals surface area contributed by atoms with Crippen molar-refractivity contribution in [2.24, 2.45) is 5.41 Å². The van der Waals surface area contributed by atoms with E-state index in [9.17, 15) is 18.0 Å². The van der Waals surface area contributed by atoms with Gasteiger partial charge in [-0.05, 0) is 99.6 Å². The molecular weight excluding hydrogens is 614 g/mol. The summed E-state index contributed by atoms with van der Waals surface area (Å²) in [5.74, 6) is 0.705. The van der Waals surface area contributed by atoms with Crippen molar-refractivity contribution in [3.05, 3.63) is 53.1 Å². The first-order chi connectivity index (χ1) is 22.4. The molecule has 1 N–H and O–H groups in total. The predicted molar refractivity (Wildman–Crippen MR) is 183 cm³/mol. The first-order valence-electron chi connectivity index (χ1n) is 17.0. The Labute approximate surface area is 278 Å². The Morgan fingerprint density at radius 1 is 0.979 bits per heavy atom. The topological polar surface area (TPSA) is 104 Å². The largest absolute Gasteiger partial charge is 0.497 e. The number of nitrogens with one attached hydrogen (secondary N) is 1. The van der Waals surface area contributed by atoms with Crippen LogP contribution in [0, 0.1) is 5.41 Å². The number of amides is 2. The van der Waals surface area contributed by atoms with Crippen LogP contribution >= 0.6 is 0 Å². The van der Waals surface area contributed by atoms with Gasteiger partial charge in [0.2, 0.25) is 5.91 Å². The number of hydrogen-bond donors (Lipinski definition) is 1. The third-order valence-electron chi connectivity index (χ3n) is 11.5. The summed E-state index contributed by atoms with van der Waals surface area (Å²) < 4.78 is 36.3. The van der Waals surface area contributed by atoms with Crippen LogP contribution in [0.4, 0.5) is 0 Å². The summed E-state index contributed by atoms with van der Waals surface area (Å²) in [4.78, 5) is 32.4. The van der Waals surface area contributed by atoms with Gasteiger partial charge in [-0.3, -0.25) is 9.59 Å². The third-order valence-corrected chi connectivity index (χ3v) is 12.9. The SMILES string of the molecule is COc1ccc2c(c1)C1CC1(C(=O)N(C)C1CCN(C)CC1)Cn1c-2c(C2CCCCC2)c2ccc(C(=O)NS(=O)(=O)N(C)C)cc21. The lowest BCUT2D eigenvalue weighted by molar-refractivity contribution is -0.139. The molecule has 1 saturated heterocycles. The highest BCUT2D eigenvalue weighted by molar-refractivity contribution is 7.87.